The zero-order chi connectivity index (χ0) is 28.3. The van der Waals surface area contributed by atoms with Crippen LogP contribution in [0.25, 0.3) is 0 Å². The van der Waals surface area contributed by atoms with Crippen LogP contribution in [-0.4, -0.2) is 78.6 Å². The molecule has 0 bridgehead atoms. The summed E-state index contributed by atoms with van der Waals surface area (Å²) in [5.41, 5.74) is 2.48. The van der Waals surface area contributed by atoms with E-state index in [1.54, 1.807) is 0 Å². The number of anilines is 1. The Bertz CT molecular complexity index is 1290. The quantitative estimate of drug-likeness (QED) is 0.491. The van der Waals surface area contributed by atoms with Gasteiger partial charge in [0.15, 0.2) is 0 Å². The number of nitriles is 1. The Kier molecular flexibility index (Phi) is 8.48. The number of benzene rings is 2. The summed E-state index contributed by atoms with van der Waals surface area (Å²) >= 11 is 5.96. The van der Waals surface area contributed by atoms with Crippen LogP contribution in [0.4, 0.5) is 19.7 Å². The first-order valence-electron chi connectivity index (χ1n) is 14.1. The molecule has 0 aromatic heterocycles. The van der Waals surface area contributed by atoms with Crippen molar-refractivity contribution in [1.82, 2.24) is 20.0 Å². The van der Waals surface area contributed by atoms with Gasteiger partial charge >= 0.3 is 12.1 Å². The predicted molar refractivity (Wildman–Crippen MR) is 153 cm³/mol. The summed E-state index contributed by atoms with van der Waals surface area (Å²) in [5, 5.41) is 15.1. The first-order valence-corrected chi connectivity index (χ1v) is 14.5. The Balaban J connectivity index is 1.25. The number of carbonyl (C=O) groups is 2. The number of amides is 4. The Morgan fingerprint density at radius 1 is 1.20 bits per heavy atom. The molecule has 4 amide bonds. The molecule has 2 aromatic rings. The molecule has 1 saturated heterocycles. The fourth-order valence-electron chi connectivity index (χ4n) is 6.45. The fraction of sp³-hybridized carbons (Fsp3) is 0.500. The average molecular weight is 567 g/mol. The van der Waals surface area contributed by atoms with Gasteiger partial charge < -0.3 is 20.4 Å². The highest BCUT2D eigenvalue weighted by molar-refractivity contribution is 6.31. The number of urea groups is 2. The lowest BCUT2D eigenvalue weighted by Crippen LogP contribution is -2.54. The number of rotatable bonds is 7. The Morgan fingerprint density at radius 3 is 2.70 bits per heavy atom. The highest BCUT2D eigenvalue weighted by Gasteiger charge is 2.58. The standard InChI is InChI=1S/C30H36ClFN6O2/c1-2-34-28(39)37-13-10-36(11-14-37)12-15-38(29(40)35-24-6-7-27(32)26(31)18-24)25-8-9-30(19-23(30)17-25)22-5-3-4-21(16-22)20-33/h3-7,16,18,23,25H,2,8-15,17,19H2,1H3,(H,34,39)(H,35,40)/t23-,25+,30+/m0/s1. The highest BCUT2D eigenvalue weighted by atomic mass is 35.5. The third-order valence-corrected chi connectivity index (χ3v) is 9.09. The van der Waals surface area contributed by atoms with Gasteiger partial charge in [-0.05, 0) is 79.8 Å². The molecule has 3 aliphatic rings. The summed E-state index contributed by atoms with van der Waals surface area (Å²) in [4.78, 5) is 31.8. The summed E-state index contributed by atoms with van der Waals surface area (Å²) in [6, 6.07) is 14.2. The van der Waals surface area contributed by atoms with Crippen LogP contribution >= 0.6 is 11.6 Å². The summed E-state index contributed by atoms with van der Waals surface area (Å²) in [6.45, 7) is 6.60. The van der Waals surface area contributed by atoms with E-state index in [2.05, 4.69) is 27.7 Å². The molecule has 3 atom stereocenters. The van der Waals surface area contributed by atoms with Crippen LogP contribution in [0.5, 0.6) is 0 Å². The van der Waals surface area contributed by atoms with E-state index in [9.17, 15) is 19.2 Å². The molecule has 2 aromatic carbocycles. The summed E-state index contributed by atoms with van der Waals surface area (Å²) in [5.74, 6) is -0.0579. The van der Waals surface area contributed by atoms with Gasteiger partial charge in [-0.2, -0.15) is 5.26 Å². The zero-order valence-electron chi connectivity index (χ0n) is 22.8. The topological polar surface area (TPSA) is 91.7 Å². The smallest absolute Gasteiger partial charge is 0.322 e. The minimum Gasteiger partial charge on any atom is -0.338 e. The van der Waals surface area contributed by atoms with Gasteiger partial charge in [-0.25, -0.2) is 14.0 Å². The van der Waals surface area contributed by atoms with Crippen LogP contribution in [0.1, 0.15) is 43.7 Å². The first-order chi connectivity index (χ1) is 19.3. The monoisotopic (exact) mass is 566 g/mol. The van der Waals surface area contributed by atoms with Crippen molar-refractivity contribution in [2.24, 2.45) is 5.92 Å². The van der Waals surface area contributed by atoms with E-state index in [1.807, 2.05) is 34.9 Å². The lowest BCUT2D eigenvalue weighted by molar-refractivity contribution is 0.116. The molecule has 40 heavy (non-hydrogen) atoms. The maximum absolute atomic E-state index is 13.7. The van der Waals surface area contributed by atoms with Gasteiger partial charge in [-0.3, -0.25) is 4.90 Å². The van der Waals surface area contributed by atoms with Gasteiger partial charge in [0.05, 0.1) is 16.7 Å². The number of hydrogen-bond donors (Lipinski definition) is 2. The molecule has 0 spiro atoms. The first kappa shape index (κ1) is 28.2. The Morgan fingerprint density at radius 2 is 2.00 bits per heavy atom. The van der Waals surface area contributed by atoms with E-state index in [4.69, 9.17) is 11.6 Å². The molecule has 5 rings (SSSR count). The van der Waals surface area contributed by atoms with Crippen molar-refractivity contribution in [2.45, 2.75) is 44.1 Å². The molecule has 2 saturated carbocycles. The van der Waals surface area contributed by atoms with Crippen molar-refractivity contribution in [2.75, 3.05) is 51.1 Å². The fourth-order valence-corrected chi connectivity index (χ4v) is 6.63. The lowest BCUT2D eigenvalue weighted by Gasteiger charge is -2.39. The minimum atomic E-state index is -0.527. The van der Waals surface area contributed by atoms with Crippen LogP contribution < -0.4 is 10.6 Å². The number of hydrogen-bond acceptors (Lipinski definition) is 4. The van der Waals surface area contributed by atoms with E-state index in [0.29, 0.717) is 49.9 Å². The van der Waals surface area contributed by atoms with E-state index < -0.39 is 5.82 Å². The summed E-state index contributed by atoms with van der Waals surface area (Å²) in [7, 11) is 0. The number of nitrogens with one attached hydrogen (secondary N) is 2. The van der Waals surface area contributed by atoms with Crippen LogP contribution in [0.2, 0.25) is 5.02 Å². The molecule has 0 radical (unpaired) electrons. The van der Waals surface area contributed by atoms with E-state index in [-0.39, 0.29) is 28.5 Å². The van der Waals surface area contributed by atoms with E-state index >= 15 is 0 Å². The van der Waals surface area contributed by atoms with Crippen molar-refractivity contribution in [3.05, 3.63) is 64.4 Å². The van der Waals surface area contributed by atoms with Gasteiger partial charge in [-0.15, -0.1) is 0 Å². The normalized spacial score (nSPS) is 24.0. The molecule has 3 fully saturated rings. The van der Waals surface area contributed by atoms with Crippen molar-refractivity contribution in [1.29, 1.82) is 5.26 Å². The Hall–Kier alpha value is -3.35. The minimum absolute atomic E-state index is 0.0310. The molecule has 2 N–H and O–H groups in total. The van der Waals surface area contributed by atoms with Gasteiger partial charge in [0, 0.05) is 57.5 Å². The van der Waals surface area contributed by atoms with Gasteiger partial charge in [-0.1, -0.05) is 23.7 Å². The van der Waals surface area contributed by atoms with Crippen molar-refractivity contribution >= 4 is 29.4 Å². The molecule has 0 unspecified atom stereocenters. The molecular formula is C30H36ClFN6O2. The molecule has 2 aliphatic carbocycles. The third kappa shape index (κ3) is 6.03. The molecule has 8 nitrogen and oxygen atoms in total. The summed E-state index contributed by atoms with van der Waals surface area (Å²) < 4.78 is 13.7. The summed E-state index contributed by atoms with van der Waals surface area (Å²) in [6.07, 6.45) is 3.81. The number of carbonyl (C=O) groups excluding carboxylic acids is 2. The van der Waals surface area contributed by atoms with Gasteiger partial charge in [0.2, 0.25) is 0 Å². The molecule has 10 heteroatoms. The maximum Gasteiger partial charge on any atom is 0.322 e. The second kappa shape index (κ2) is 12.0. The Labute approximate surface area is 240 Å². The average Bonchev–Trinajstić information content (AvgIpc) is 3.71. The molecule has 1 heterocycles. The van der Waals surface area contributed by atoms with E-state index in [0.717, 1.165) is 38.8 Å². The molecule has 1 aliphatic heterocycles. The predicted octanol–water partition coefficient (Wildman–Crippen LogP) is 5.04. The van der Waals surface area contributed by atoms with Crippen LogP contribution in [-0.2, 0) is 5.41 Å². The molecule has 212 valence electrons. The lowest BCUT2D eigenvalue weighted by atomic mass is 9.80. The van der Waals surface area contributed by atoms with Gasteiger partial charge in [0.25, 0.3) is 0 Å². The van der Waals surface area contributed by atoms with Crippen molar-refractivity contribution < 1.29 is 14.0 Å². The second-order valence-corrected chi connectivity index (χ2v) is 11.5. The van der Waals surface area contributed by atoms with Crippen molar-refractivity contribution in [3.63, 3.8) is 0 Å². The van der Waals surface area contributed by atoms with Crippen LogP contribution in [0.15, 0.2) is 42.5 Å². The third-order valence-electron chi connectivity index (χ3n) is 8.80. The van der Waals surface area contributed by atoms with E-state index in [1.165, 1.54) is 23.8 Å². The number of fused-ring (bicyclic) bond motifs is 1. The highest BCUT2D eigenvalue weighted by Crippen LogP contribution is 2.62. The number of piperazine rings is 1. The van der Waals surface area contributed by atoms with Crippen molar-refractivity contribution in [3.8, 4) is 6.07 Å². The zero-order valence-corrected chi connectivity index (χ0v) is 23.6. The number of halogens is 2. The van der Waals surface area contributed by atoms with Crippen LogP contribution in [0, 0.1) is 23.1 Å². The second-order valence-electron chi connectivity index (χ2n) is 11.1. The van der Waals surface area contributed by atoms with Crippen LogP contribution in [0.3, 0.4) is 0 Å². The SMILES string of the molecule is CCNC(=O)N1CCN(CCN(C(=O)Nc2ccc(F)c(Cl)c2)[C@@H]2CC[C@]3(c4cccc(C#N)c4)C[C@@H]3C2)CC1. The van der Waals surface area contributed by atoms with Gasteiger partial charge in [0.1, 0.15) is 5.82 Å². The molecular weight excluding hydrogens is 531 g/mol. The number of nitrogens with zero attached hydrogens (tertiary/aromatic N) is 4. The maximum atomic E-state index is 13.7. The largest absolute Gasteiger partial charge is 0.338 e.